The Labute approximate surface area is 209 Å². The van der Waals surface area contributed by atoms with E-state index in [0.29, 0.717) is 36.6 Å². The zero-order chi connectivity index (χ0) is 24.9. The topological polar surface area (TPSA) is 109 Å². The third kappa shape index (κ3) is 4.78. The average molecular weight is 481 g/mol. The molecule has 1 saturated carbocycles. The Kier molecular flexibility index (Phi) is 6.89. The predicted molar refractivity (Wildman–Crippen MR) is 137 cm³/mol. The van der Waals surface area contributed by atoms with Crippen LogP contribution in [0.5, 0.6) is 0 Å². The SMILES string of the molecule is C#CCCc1c(C(=O)C2CCCCC2)[nH]c(=O)n1Cc1ccc(-c2ccccc2-c2nnn[nH]2)cc1. The van der Waals surface area contributed by atoms with Crippen LogP contribution in [0.15, 0.2) is 53.3 Å². The molecule has 0 saturated heterocycles. The molecule has 4 aromatic rings. The number of ketones is 1. The van der Waals surface area contributed by atoms with E-state index in [4.69, 9.17) is 6.42 Å². The zero-order valence-corrected chi connectivity index (χ0v) is 20.0. The number of hydrogen-bond acceptors (Lipinski definition) is 5. The highest BCUT2D eigenvalue weighted by Gasteiger charge is 2.27. The number of rotatable bonds is 8. The van der Waals surface area contributed by atoms with Gasteiger partial charge in [0.1, 0.15) is 5.69 Å². The molecule has 8 nitrogen and oxygen atoms in total. The van der Waals surface area contributed by atoms with Crippen molar-refractivity contribution in [1.29, 1.82) is 0 Å². The van der Waals surface area contributed by atoms with Crippen LogP contribution in [0.1, 0.15) is 60.3 Å². The number of aromatic amines is 2. The van der Waals surface area contributed by atoms with E-state index in [1.165, 1.54) is 6.42 Å². The molecule has 0 atom stereocenters. The maximum atomic E-state index is 13.3. The number of imidazole rings is 1. The predicted octanol–water partition coefficient (Wildman–Crippen LogP) is 4.40. The van der Waals surface area contributed by atoms with E-state index in [2.05, 4.69) is 31.5 Å². The Morgan fingerprint density at radius 3 is 2.50 bits per heavy atom. The monoisotopic (exact) mass is 480 g/mol. The summed E-state index contributed by atoms with van der Waals surface area (Å²) in [7, 11) is 0. The third-order valence-corrected chi connectivity index (χ3v) is 6.95. The number of tetrazole rings is 1. The number of hydrogen-bond donors (Lipinski definition) is 2. The highest BCUT2D eigenvalue weighted by molar-refractivity contribution is 5.97. The lowest BCUT2D eigenvalue weighted by Crippen LogP contribution is -2.20. The molecule has 1 fully saturated rings. The summed E-state index contributed by atoms with van der Waals surface area (Å²) in [6.45, 7) is 0.362. The van der Waals surface area contributed by atoms with Gasteiger partial charge in [-0.25, -0.2) is 9.89 Å². The molecular formula is C28H28N6O2. The van der Waals surface area contributed by atoms with Gasteiger partial charge in [0.05, 0.1) is 12.2 Å². The number of aromatic nitrogens is 6. The van der Waals surface area contributed by atoms with Crippen LogP contribution in [-0.2, 0) is 13.0 Å². The van der Waals surface area contributed by atoms with Gasteiger partial charge in [-0.1, -0.05) is 67.8 Å². The van der Waals surface area contributed by atoms with Crippen molar-refractivity contribution in [3.63, 3.8) is 0 Å². The molecule has 2 heterocycles. The van der Waals surface area contributed by atoms with Gasteiger partial charge in [-0.05, 0) is 40.0 Å². The molecule has 182 valence electrons. The fourth-order valence-corrected chi connectivity index (χ4v) is 5.08. The van der Waals surface area contributed by atoms with Gasteiger partial charge in [0, 0.05) is 24.3 Å². The van der Waals surface area contributed by atoms with Gasteiger partial charge in [0.25, 0.3) is 0 Å². The number of terminal acetylenes is 1. The molecule has 2 aromatic heterocycles. The van der Waals surface area contributed by atoms with Gasteiger partial charge in [0.15, 0.2) is 11.6 Å². The van der Waals surface area contributed by atoms with Crippen molar-refractivity contribution in [2.24, 2.45) is 5.92 Å². The molecule has 36 heavy (non-hydrogen) atoms. The van der Waals surface area contributed by atoms with Crippen molar-refractivity contribution >= 4 is 5.78 Å². The number of benzene rings is 2. The van der Waals surface area contributed by atoms with Crippen LogP contribution in [0.25, 0.3) is 22.5 Å². The second-order valence-electron chi connectivity index (χ2n) is 9.23. The van der Waals surface area contributed by atoms with Crippen molar-refractivity contribution in [1.82, 2.24) is 30.2 Å². The first kappa shape index (κ1) is 23.5. The van der Waals surface area contributed by atoms with Gasteiger partial charge in [0.2, 0.25) is 0 Å². The molecule has 0 aliphatic heterocycles. The Morgan fingerprint density at radius 1 is 1.06 bits per heavy atom. The summed E-state index contributed by atoms with van der Waals surface area (Å²) in [5.74, 6) is 3.27. The summed E-state index contributed by atoms with van der Waals surface area (Å²) in [5.41, 5.74) is 4.74. The lowest BCUT2D eigenvalue weighted by molar-refractivity contribution is 0.0883. The molecular weight excluding hydrogens is 452 g/mol. The number of nitrogens with zero attached hydrogens (tertiary/aromatic N) is 4. The molecule has 0 amide bonds. The summed E-state index contributed by atoms with van der Waals surface area (Å²) in [4.78, 5) is 29.1. The first-order valence-electron chi connectivity index (χ1n) is 12.4. The first-order valence-corrected chi connectivity index (χ1v) is 12.4. The number of nitrogens with one attached hydrogen (secondary N) is 2. The van der Waals surface area contributed by atoms with Gasteiger partial charge in [-0.3, -0.25) is 9.36 Å². The second kappa shape index (κ2) is 10.6. The van der Waals surface area contributed by atoms with E-state index in [1.54, 1.807) is 4.57 Å². The van der Waals surface area contributed by atoms with Crippen LogP contribution >= 0.6 is 0 Å². The average Bonchev–Trinajstić information content (AvgIpc) is 3.57. The summed E-state index contributed by atoms with van der Waals surface area (Å²) in [6.07, 6.45) is 11.5. The van der Waals surface area contributed by atoms with Crippen molar-refractivity contribution in [3.05, 3.63) is 76.0 Å². The molecule has 2 aromatic carbocycles. The number of Topliss-reactive ketones (excluding diaryl/α,β-unsaturated/α-hetero) is 1. The van der Waals surface area contributed by atoms with Gasteiger partial charge in [-0.2, -0.15) is 0 Å². The van der Waals surface area contributed by atoms with E-state index in [1.807, 2.05) is 48.5 Å². The van der Waals surface area contributed by atoms with Crippen LogP contribution < -0.4 is 5.69 Å². The van der Waals surface area contributed by atoms with Crippen LogP contribution in [0, 0.1) is 18.3 Å². The van der Waals surface area contributed by atoms with Crippen LogP contribution in [0.3, 0.4) is 0 Å². The quantitative estimate of drug-likeness (QED) is 0.287. The Morgan fingerprint density at radius 2 is 1.81 bits per heavy atom. The zero-order valence-electron chi connectivity index (χ0n) is 20.0. The maximum Gasteiger partial charge on any atom is 0.326 e. The number of H-pyrrole nitrogens is 2. The number of carbonyl (C=O) groups is 1. The smallest absolute Gasteiger partial charge is 0.303 e. The lowest BCUT2D eigenvalue weighted by atomic mass is 9.84. The van der Waals surface area contributed by atoms with Crippen molar-refractivity contribution in [2.75, 3.05) is 0 Å². The molecule has 0 bridgehead atoms. The standard InChI is InChI=1S/C28H28N6O2/c1-2-3-13-24-25(26(35)21-9-5-4-6-10-21)29-28(36)34(24)18-19-14-16-20(17-15-19)22-11-7-8-12-23(22)27-30-32-33-31-27/h1,7-8,11-12,14-17,21H,3-6,9-10,13,18H2,(H,29,36)(H,30,31,32,33). The Bertz CT molecular complexity index is 1430. The van der Waals surface area contributed by atoms with E-state index in [0.717, 1.165) is 47.9 Å². The minimum absolute atomic E-state index is 0.0197. The fraction of sp³-hybridized carbons (Fsp3) is 0.321. The van der Waals surface area contributed by atoms with E-state index >= 15 is 0 Å². The minimum Gasteiger partial charge on any atom is -0.303 e. The van der Waals surface area contributed by atoms with Crippen molar-refractivity contribution < 1.29 is 4.79 Å². The molecule has 0 unspecified atom stereocenters. The Balaban J connectivity index is 1.43. The first-order chi connectivity index (χ1) is 17.7. The van der Waals surface area contributed by atoms with Crippen LogP contribution in [0.2, 0.25) is 0 Å². The van der Waals surface area contributed by atoms with Crippen molar-refractivity contribution in [3.8, 4) is 34.9 Å². The van der Waals surface area contributed by atoms with Crippen molar-refractivity contribution in [2.45, 2.75) is 51.5 Å². The molecule has 5 rings (SSSR count). The largest absolute Gasteiger partial charge is 0.326 e. The van der Waals surface area contributed by atoms with Crippen LogP contribution in [0.4, 0.5) is 0 Å². The molecule has 1 aliphatic rings. The maximum absolute atomic E-state index is 13.3. The molecule has 2 N–H and O–H groups in total. The van der Waals surface area contributed by atoms with E-state index in [9.17, 15) is 9.59 Å². The van der Waals surface area contributed by atoms with Gasteiger partial charge < -0.3 is 4.98 Å². The van der Waals surface area contributed by atoms with Gasteiger partial charge in [-0.15, -0.1) is 17.4 Å². The summed E-state index contributed by atoms with van der Waals surface area (Å²) in [6, 6.07) is 15.9. The molecule has 1 aliphatic carbocycles. The molecule has 8 heteroatoms. The summed E-state index contributed by atoms with van der Waals surface area (Å²) >= 11 is 0. The van der Waals surface area contributed by atoms with E-state index in [-0.39, 0.29) is 17.4 Å². The Hall–Kier alpha value is -4.25. The third-order valence-electron chi connectivity index (χ3n) is 6.95. The molecule has 0 spiro atoms. The normalized spacial score (nSPS) is 14.0. The second-order valence-corrected chi connectivity index (χ2v) is 9.23. The van der Waals surface area contributed by atoms with Gasteiger partial charge >= 0.3 is 5.69 Å². The summed E-state index contributed by atoms with van der Waals surface area (Å²) < 4.78 is 1.66. The summed E-state index contributed by atoms with van der Waals surface area (Å²) in [5, 5.41) is 14.2. The highest BCUT2D eigenvalue weighted by atomic mass is 16.2. The van der Waals surface area contributed by atoms with E-state index < -0.39 is 0 Å². The lowest BCUT2D eigenvalue weighted by Gasteiger charge is -2.20. The highest BCUT2D eigenvalue weighted by Crippen LogP contribution is 2.30. The molecule has 0 radical (unpaired) electrons. The number of carbonyl (C=O) groups excluding carboxylic acids is 1. The minimum atomic E-state index is -0.270. The fourth-order valence-electron chi connectivity index (χ4n) is 5.08. The van der Waals surface area contributed by atoms with Crippen LogP contribution in [-0.4, -0.2) is 36.0 Å².